The van der Waals surface area contributed by atoms with E-state index in [0.29, 0.717) is 0 Å². The summed E-state index contributed by atoms with van der Waals surface area (Å²) >= 11 is 5.86. The Kier molecular flexibility index (Phi) is 5.23. The van der Waals surface area contributed by atoms with Gasteiger partial charge in [-0.1, -0.05) is 30.7 Å². The molecule has 4 heteroatoms. The van der Waals surface area contributed by atoms with Crippen LogP contribution in [0.3, 0.4) is 0 Å². The van der Waals surface area contributed by atoms with Crippen LogP contribution in [0.2, 0.25) is 5.02 Å². The third-order valence-electron chi connectivity index (χ3n) is 3.63. The normalized spacial score (nSPS) is 17.3. The number of benzene rings is 1. The molecule has 1 heterocycles. The maximum Gasteiger partial charge on any atom is 0.225 e. The van der Waals surface area contributed by atoms with Crippen molar-refractivity contribution in [1.82, 2.24) is 10.2 Å². The molecule has 1 N–H and O–H groups in total. The summed E-state index contributed by atoms with van der Waals surface area (Å²) in [7, 11) is 0. The standard InChI is InChI=1S/C15H21ClN2O/c1-12(15(19)18-10-8-17-9-11-18)2-3-13-4-6-14(16)7-5-13/h4-7,12,17H,2-3,8-11H2,1H3. The Morgan fingerprint density at radius 2 is 1.95 bits per heavy atom. The maximum absolute atomic E-state index is 12.3. The van der Waals surface area contributed by atoms with Crippen LogP contribution in [0.25, 0.3) is 0 Å². The summed E-state index contributed by atoms with van der Waals surface area (Å²) in [5, 5.41) is 4.02. The molecule has 1 amide bonds. The number of carbonyl (C=O) groups excluding carboxylic acids is 1. The topological polar surface area (TPSA) is 32.3 Å². The number of carbonyl (C=O) groups is 1. The Hall–Kier alpha value is -1.06. The number of aryl methyl sites for hydroxylation is 1. The van der Waals surface area contributed by atoms with Crippen LogP contribution in [-0.4, -0.2) is 37.0 Å². The molecule has 0 spiro atoms. The molecule has 1 saturated heterocycles. The Labute approximate surface area is 119 Å². The lowest BCUT2D eigenvalue weighted by Crippen LogP contribution is -2.48. The van der Waals surface area contributed by atoms with Crippen LogP contribution in [0.15, 0.2) is 24.3 Å². The fourth-order valence-electron chi connectivity index (χ4n) is 2.35. The molecule has 0 bridgehead atoms. The van der Waals surface area contributed by atoms with Crippen molar-refractivity contribution in [3.05, 3.63) is 34.9 Å². The van der Waals surface area contributed by atoms with Crippen molar-refractivity contribution in [2.24, 2.45) is 5.92 Å². The minimum Gasteiger partial charge on any atom is -0.340 e. The van der Waals surface area contributed by atoms with Crippen LogP contribution < -0.4 is 5.32 Å². The molecule has 1 aliphatic heterocycles. The van der Waals surface area contributed by atoms with Gasteiger partial charge in [0.25, 0.3) is 0 Å². The van der Waals surface area contributed by atoms with E-state index >= 15 is 0 Å². The highest BCUT2D eigenvalue weighted by atomic mass is 35.5. The summed E-state index contributed by atoms with van der Waals surface area (Å²) in [6.45, 7) is 5.53. The first-order valence-corrected chi connectivity index (χ1v) is 7.28. The van der Waals surface area contributed by atoms with Gasteiger partial charge in [-0.15, -0.1) is 0 Å². The molecule has 1 aliphatic rings. The van der Waals surface area contributed by atoms with Crippen molar-refractivity contribution < 1.29 is 4.79 Å². The molecule has 0 aliphatic carbocycles. The summed E-state index contributed by atoms with van der Waals surface area (Å²) in [5.74, 6) is 0.379. The van der Waals surface area contributed by atoms with E-state index in [1.807, 2.05) is 36.1 Å². The lowest BCUT2D eigenvalue weighted by atomic mass is 9.99. The highest BCUT2D eigenvalue weighted by Gasteiger charge is 2.21. The number of amides is 1. The first-order valence-electron chi connectivity index (χ1n) is 6.91. The summed E-state index contributed by atoms with van der Waals surface area (Å²) in [6.07, 6.45) is 1.82. The van der Waals surface area contributed by atoms with Gasteiger partial charge in [-0.2, -0.15) is 0 Å². The van der Waals surface area contributed by atoms with Crippen LogP contribution in [0, 0.1) is 5.92 Å². The summed E-state index contributed by atoms with van der Waals surface area (Å²) in [6, 6.07) is 7.87. The van der Waals surface area contributed by atoms with Gasteiger partial charge in [-0.05, 0) is 30.5 Å². The van der Waals surface area contributed by atoms with E-state index in [-0.39, 0.29) is 11.8 Å². The largest absolute Gasteiger partial charge is 0.340 e. The number of nitrogens with one attached hydrogen (secondary N) is 1. The van der Waals surface area contributed by atoms with E-state index in [1.165, 1.54) is 5.56 Å². The zero-order valence-electron chi connectivity index (χ0n) is 11.4. The second-order valence-corrected chi connectivity index (χ2v) is 5.58. The molecule has 0 aromatic heterocycles. The van der Waals surface area contributed by atoms with E-state index in [1.54, 1.807) is 0 Å². The minimum atomic E-state index is 0.0915. The quantitative estimate of drug-likeness (QED) is 0.918. The fraction of sp³-hybridized carbons (Fsp3) is 0.533. The van der Waals surface area contributed by atoms with Gasteiger partial charge in [-0.3, -0.25) is 4.79 Å². The molecule has 0 saturated carbocycles. The Balaban J connectivity index is 1.81. The van der Waals surface area contributed by atoms with Crippen LogP contribution in [0.1, 0.15) is 18.9 Å². The molecule has 0 radical (unpaired) electrons. The van der Waals surface area contributed by atoms with Crippen LogP contribution >= 0.6 is 11.6 Å². The van der Waals surface area contributed by atoms with Crippen molar-refractivity contribution in [3.63, 3.8) is 0 Å². The zero-order chi connectivity index (χ0) is 13.7. The lowest BCUT2D eigenvalue weighted by molar-refractivity contribution is -0.135. The fourth-order valence-corrected chi connectivity index (χ4v) is 2.48. The average Bonchev–Trinajstić information content (AvgIpc) is 2.46. The number of halogens is 1. The van der Waals surface area contributed by atoms with E-state index in [4.69, 9.17) is 11.6 Å². The third-order valence-corrected chi connectivity index (χ3v) is 3.88. The maximum atomic E-state index is 12.3. The molecule has 1 aromatic rings. The second-order valence-electron chi connectivity index (χ2n) is 5.14. The van der Waals surface area contributed by atoms with Gasteiger partial charge in [-0.25, -0.2) is 0 Å². The lowest BCUT2D eigenvalue weighted by Gasteiger charge is -2.29. The molecule has 2 rings (SSSR count). The van der Waals surface area contributed by atoms with E-state index in [0.717, 1.165) is 44.0 Å². The van der Waals surface area contributed by atoms with Gasteiger partial charge in [0.15, 0.2) is 0 Å². The van der Waals surface area contributed by atoms with E-state index in [9.17, 15) is 4.79 Å². The summed E-state index contributed by atoms with van der Waals surface area (Å²) < 4.78 is 0. The van der Waals surface area contributed by atoms with Crippen molar-refractivity contribution in [2.75, 3.05) is 26.2 Å². The van der Waals surface area contributed by atoms with Crippen LogP contribution in [0.4, 0.5) is 0 Å². The monoisotopic (exact) mass is 280 g/mol. The van der Waals surface area contributed by atoms with Gasteiger partial charge < -0.3 is 10.2 Å². The third kappa shape index (κ3) is 4.22. The zero-order valence-corrected chi connectivity index (χ0v) is 12.1. The molecule has 104 valence electrons. The predicted octanol–water partition coefficient (Wildman–Crippen LogP) is 2.34. The average molecular weight is 281 g/mol. The van der Waals surface area contributed by atoms with Gasteiger partial charge in [0.2, 0.25) is 5.91 Å². The van der Waals surface area contributed by atoms with E-state index < -0.39 is 0 Å². The van der Waals surface area contributed by atoms with Gasteiger partial charge in [0, 0.05) is 37.1 Å². The second kappa shape index (κ2) is 6.92. The molecule has 19 heavy (non-hydrogen) atoms. The Morgan fingerprint density at radius 3 is 2.58 bits per heavy atom. The van der Waals surface area contributed by atoms with Crippen molar-refractivity contribution in [1.29, 1.82) is 0 Å². The Morgan fingerprint density at radius 1 is 1.32 bits per heavy atom. The molecule has 1 unspecified atom stereocenters. The number of nitrogens with zero attached hydrogens (tertiary/aromatic N) is 1. The Bertz CT molecular complexity index is 413. The van der Waals surface area contributed by atoms with Crippen LogP contribution in [-0.2, 0) is 11.2 Å². The SMILES string of the molecule is CC(CCc1ccc(Cl)cc1)C(=O)N1CCNCC1. The minimum absolute atomic E-state index is 0.0915. The van der Waals surface area contributed by atoms with Crippen molar-refractivity contribution in [3.8, 4) is 0 Å². The van der Waals surface area contributed by atoms with Gasteiger partial charge in [0.05, 0.1) is 0 Å². The number of rotatable bonds is 4. The number of hydrogen-bond donors (Lipinski definition) is 1. The molecular formula is C15H21ClN2O. The molecular weight excluding hydrogens is 260 g/mol. The molecule has 1 aromatic carbocycles. The van der Waals surface area contributed by atoms with Crippen molar-refractivity contribution >= 4 is 17.5 Å². The highest BCUT2D eigenvalue weighted by Crippen LogP contribution is 2.15. The van der Waals surface area contributed by atoms with E-state index in [2.05, 4.69) is 5.32 Å². The van der Waals surface area contributed by atoms with Crippen molar-refractivity contribution in [2.45, 2.75) is 19.8 Å². The predicted molar refractivity (Wildman–Crippen MR) is 78.4 cm³/mol. The van der Waals surface area contributed by atoms with Gasteiger partial charge in [0.1, 0.15) is 0 Å². The molecule has 3 nitrogen and oxygen atoms in total. The highest BCUT2D eigenvalue weighted by molar-refractivity contribution is 6.30. The van der Waals surface area contributed by atoms with Gasteiger partial charge >= 0.3 is 0 Å². The smallest absolute Gasteiger partial charge is 0.225 e. The number of hydrogen-bond acceptors (Lipinski definition) is 2. The molecule has 1 fully saturated rings. The summed E-state index contributed by atoms with van der Waals surface area (Å²) in [5.41, 5.74) is 1.24. The summed E-state index contributed by atoms with van der Waals surface area (Å²) in [4.78, 5) is 14.2. The number of piperazine rings is 1. The first-order chi connectivity index (χ1) is 9.16. The first kappa shape index (κ1) is 14.4. The molecule has 1 atom stereocenters. The van der Waals surface area contributed by atoms with Crippen LogP contribution in [0.5, 0.6) is 0 Å².